The lowest BCUT2D eigenvalue weighted by atomic mass is 9.99. The van der Waals surface area contributed by atoms with Crippen molar-refractivity contribution in [2.24, 2.45) is 5.10 Å². The van der Waals surface area contributed by atoms with Gasteiger partial charge in [0.2, 0.25) is 0 Å². The number of benzene rings is 1. The third kappa shape index (κ3) is 3.46. The Hall–Kier alpha value is -3.10. The van der Waals surface area contributed by atoms with Crippen molar-refractivity contribution in [1.82, 2.24) is 14.9 Å². The molecule has 1 aromatic heterocycles. The maximum Gasteiger partial charge on any atom is 0.573 e. The van der Waals surface area contributed by atoms with E-state index in [1.807, 2.05) is 0 Å². The standard InChI is InChI=1S/C14H7F6N5O/c15-13(16,17)12-23-22-11-4-3-10(24-25(11)12)9-5-8(26-14(18,19)20)2-1-7(9)6-21/h1-2,5H,3-4H2. The molecule has 1 aliphatic rings. The molecule has 0 spiro atoms. The SMILES string of the molecule is N#Cc1ccc(OC(F)(F)F)cc1C1=Nn2c(nnc2C(F)(F)F)CC1. The molecule has 1 aliphatic heterocycles. The molecule has 6 nitrogen and oxygen atoms in total. The van der Waals surface area contributed by atoms with Crippen molar-refractivity contribution >= 4 is 5.71 Å². The summed E-state index contributed by atoms with van der Waals surface area (Å²) in [6.45, 7) is 0. The highest BCUT2D eigenvalue weighted by Crippen LogP contribution is 2.31. The van der Waals surface area contributed by atoms with E-state index in [0.29, 0.717) is 4.68 Å². The predicted octanol–water partition coefficient (Wildman–Crippen LogP) is 3.27. The predicted molar refractivity (Wildman–Crippen MR) is 73.1 cm³/mol. The molecule has 0 saturated carbocycles. The summed E-state index contributed by atoms with van der Waals surface area (Å²) in [7, 11) is 0. The molecule has 2 heterocycles. The molecule has 12 heteroatoms. The zero-order valence-corrected chi connectivity index (χ0v) is 12.6. The second kappa shape index (κ2) is 6.01. The van der Waals surface area contributed by atoms with Crippen LogP contribution in [0.25, 0.3) is 0 Å². The van der Waals surface area contributed by atoms with Gasteiger partial charge in [0.1, 0.15) is 5.75 Å². The van der Waals surface area contributed by atoms with Gasteiger partial charge in [-0.2, -0.15) is 28.2 Å². The van der Waals surface area contributed by atoms with Crippen LogP contribution in [0.4, 0.5) is 26.3 Å². The van der Waals surface area contributed by atoms with Gasteiger partial charge in [-0.05, 0) is 24.6 Å². The van der Waals surface area contributed by atoms with E-state index in [4.69, 9.17) is 5.26 Å². The highest BCUT2D eigenvalue weighted by Gasteiger charge is 2.40. The number of halogens is 6. The summed E-state index contributed by atoms with van der Waals surface area (Å²) in [5, 5.41) is 19.4. The van der Waals surface area contributed by atoms with Crippen LogP contribution in [-0.4, -0.2) is 26.9 Å². The fourth-order valence-electron chi connectivity index (χ4n) is 2.40. The van der Waals surface area contributed by atoms with Crippen molar-refractivity contribution in [3.05, 3.63) is 41.0 Å². The van der Waals surface area contributed by atoms with E-state index >= 15 is 0 Å². The number of ether oxygens (including phenoxy) is 1. The highest BCUT2D eigenvalue weighted by molar-refractivity contribution is 6.03. The van der Waals surface area contributed by atoms with E-state index in [2.05, 4.69) is 20.0 Å². The maximum absolute atomic E-state index is 12.9. The summed E-state index contributed by atoms with van der Waals surface area (Å²) < 4.78 is 80.2. The Morgan fingerprint density at radius 3 is 2.42 bits per heavy atom. The van der Waals surface area contributed by atoms with Crippen LogP contribution in [0.5, 0.6) is 5.75 Å². The molecule has 0 atom stereocenters. The van der Waals surface area contributed by atoms with Crippen molar-refractivity contribution in [1.29, 1.82) is 5.26 Å². The zero-order chi connectivity index (χ0) is 19.1. The summed E-state index contributed by atoms with van der Waals surface area (Å²) >= 11 is 0. The second-order valence-electron chi connectivity index (χ2n) is 5.16. The first-order chi connectivity index (χ1) is 12.1. The Labute approximate surface area is 141 Å². The largest absolute Gasteiger partial charge is 0.573 e. The monoisotopic (exact) mass is 375 g/mol. The van der Waals surface area contributed by atoms with Crippen LogP contribution in [0.15, 0.2) is 23.3 Å². The second-order valence-corrected chi connectivity index (χ2v) is 5.16. The lowest BCUT2D eigenvalue weighted by Gasteiger charge is -2.17. The zero-order valence-electron chi connectivity index (χ0n) is 12.6. The molecule has 0 unspecified atom stereocenters. The summed E-state index contributed by atoms with van der Waals surface area (Å²) in [6, 6.07) is 4.68. The van der Waals surface area contributed by atoms with Gasteiger partial charge >= 0.3 is 12.5 Å². The fraction of sp³-hybridized carbons (Fsp3) is 0.286. The molecule has 0 fully saturated rings. The van der Waals surface area contributed by atoms with Crippen molar-refractivity contribution in [2.75, 3.05) is 0 Å². The van der Waals surface area contributed by atoms with Crippen molar-refractivity contribution in [2.45, 2.75) is 25.4 Å². The van der Waals surface area contributed by atoms with E-state index in [1.165, 1.54) is 0 Å². The normalized spacial score (nSPS) is 14.4. The van der Waals surface area contributed by atoms with E-state index in [0.717, 1.165) is 18.2 Å². The Morgan fingerprint density at radius 1 is 1.08 bits per heavy atom. The summed E-state index contributed by atoms with van der Waals surface area (Å²) in [4.78, 5) is 0. The lowest BCUT2D eigenvalue weighted by molar-refractivity contribution is -0.274. The smallest absolute Gasteiger partial charge is 0.406 e. The third-order valence-corrected chi connectivity index (χ3v) is 3.42. The molecular weight excluding hydrogens is 368 g/mol. The van der Waals surface area contributed by atoms with Crippen molar-refractivity contribution in [3.63, 3.8) is 0 Å². The molecule has 0 saturated heterocycles. The molecule has 26 heavy (non-hydrogen) atoms. The van der Waals surface area contributed by atoms with E-state index in [-0.39, 0.29) is 35.5 Å². The van der Waals surface area contributed by atoms with Crippen molar-refractivity contribution in [3.8, 4) is 11.8 Å². The van der Waals surface area contributed by atoms with Gasteiger partial charge in [0.25, 0.3) is 5.82 Å². The number of fused-ring (bicyclic) bond motifs is 1. The molecule has 0 bridgehead atoms. The van der Waals surface area contributed by atoms with Gasteiger partial charge in [-0.3, -0.25) is 0 Å². The topological polar surface area (TPSA) is 76.1 Å². The highest BCUT2D eigenvalue weighted by atomic mass is 19.4. The number of hydrogen-bond donors (Lipinski definition) is 0. The van der Waals surface area contributed by atoms with Crippen LogP contribution in [0.3, 0.4) is 0 Å². The van der Waals surface area contributed by atoms with Gasteiger partial charge in [0.15, 0.2) is 5.82 Å². The van der Waals surface area contributed by atoms with Crippen LogP contribution in [0.2, 0.25) is 0 Å². The molecule has 2 aromatic rings. The van der Waals surface area contributed by atoms with Crippen LogP contribution < -0.4 is 4.74 Å². The van der Waals surface area contributed by atoms with Gasteiger partial charge in [-0.15, -0.1) is 23.4 Å². The van der Waals surface area contributed by atoms with Gasteiger partial charge in [0, 0.05) is 12.0 Å². The number of hydrogen-bond acceptors (Lipinski definition) is 5. The first-order valence-corrected chi connectivity index (χ1v) is 6.98. The van der Waals surface area contributed by atoms with Crippen molar-refractivity contribution < 1.29 is 31.1 Å². The van der Waals surface area contributed by atoms with Gasteiger partial charge in [-0.25, -0.2) is 0 Å². The molecule has 0 aliphatic carbocycles. The quantitative estimate of drug-likeness (QED) is 0.755. The minimum Gasteiger partial charge on any atom is -0.406 e. The Bertz CT molecular complexity index is 921. The Morgan fingerprint density at radius 2 is 1.81 bits per heavy atom. The summed E-state index contributed by atoms with van der Waals surface area (Å²) in [5.41, 5.74) is -0.114. The molecule has 0 N–H and O–H groups in total. The van der Waals surface area contributed by atoms with Crippen LogP contribution in [-0.2, 0) is 12.6 Å². The van der Waals surface area contributed by atoms with Crippen LogP contribution in [0.1, 0.15) is 29.2 Å². The molecule has 136 valence electrons. The van der Waals surface area contributed by atoms with E-state index in [9.17, 15) is 26.3 Å². The first-order valence-electron chi connectivity index (χ1n) is 6.98. The average Bonchev–Trinajstić information content (AvgIpc) is 2.96. The summed E-state index contributed by atoms with van der Waals surface area (Å²) in [6.07, 6.45) is -9.67. The number of aromatic nitrogens is 3. The Balaban J connectivity index is 2.08. The minimum atomic E-state index is -4.95. The van der Waals surface area contributed by atoms with E-state index in [1.54, 1.807) is 6.07 Å². The number of nitriles is 1. The molecule has 0 amide bonds. The average molecular weight is 375 g/mol. The number of nitrogens with zero attached hydrogens (tertiary/aromatic N) is 5. The van der Waals surface area contributed by atoms with E-state index < -0.39 is 24.1 Å². The number of rotatable bonds is 2. The van der Waals surface area contributed by atoms with Crippen LogP contribution in [0, 0.1) is 11.3 Å². The van der Waals surface area contributed by atoms with Crippen LogP contribution >= 0.6 is 0 Å². The van der Waals surface area contributed by atoms with Gasteiger partial charge in [-0.1, -0.05) is 0 Å². The van der Waals surface area contributed by atoms with Gasteiger partial charge < -0.3 is 4.74 Å². The lowest BCUT2D eigenvalue weighted by Crippen LogP contribution is -2.21. The molecule has 0 radical (unpaired) electrons. The Kier molecular flexibility index (Phi) is 4.09. The van der Waals surface area contributed by atoms with Gasteiger partial charge in [0.05, 0.1) is 17.3 Å². The minimum absolute atomic E-state index is 0.00743. The molecular formula is C14H7F6N5O. The first kappa shape index (κ1) is 17.7. The molecule has 1 aromatic carbocycles. The summed E-state index contributed by atoms with van der Waals surface area (Å²) in [5.74, 6) is -2.01. The fourth-order valence-corrected chi connectivity index (χ4v) is 2.40. The molecule has 3 rings (SSSR count). The number of alkyl halides is 6. The maximum atomic E-state index is 12.9. The number of aryl methyl sites for hydroxylation is 1. The third-order valence-electron chi connectivity index (χ3n) is 3.42.